The van der Waals surface area contributed by atoms with Crippen LogP contribution in [0.1, 0.15) is 27.9 Å². The number of carbonyl (C=O) groups is 1. The number of rotatable bonds is 5. The van der Waals surface area contributed by atoms with Gasteiger partial charge in [0.2, 0.25) is 5.03 Å². The third-order valence-corrected chi connectivity index (χ3v) is 9.07. The molecule has 3 aromatic rings. The highest BCUT2D eigenvalue weighted by molar-refractivity contribution is 7.89. The van der Waals surface area contributed by atoms with Gasteiger partial charge >= 0.3 is 0 Å². The summed E-state index contributed by atoms with van der Waals surface area (Å²) in [5.41, 5.74) is 4.55. The van der Waals surface area contributed by atoms with Gasteiger partial charge in [-0.3, -0.25) is 9.48 Å². The first-order valence-corrected chi connectivity index (χ1v) is 14.1. The SMILES string of the molecule is Cc1ccc(Cl)cc1N1CCN(S(=O)(=O)c2nn(C)cc2C(=O)N2CC=C(c3ccccc3)CC2)CC1. The maximum Gasteiger partial charge on any atom is 0.263 e. The number of hydrogen-bond acceptors (Lipinski definition) is 5. The van der Waals surface area contributed by atoms with Crippen LogP contribution in [0.25, 0.3) is 5.57 Å². The average Bonchev–Trinajstić information content (AvgIpc) is 3.33. The fourth-order valence-electron chi connectivity index (χ4n) is 4.96. The molecule has 3 heterocycles. The number of sulfonamides is 1. The third-order valence-electron chi connectivity index (χ3n) is 7.00. The van der Waals surface area contributed by atoms with E-state index >= 15 is 0 Å². The summed E-state index contributed by atoms with van der Waals surface area (Å²) in [5, 5.41) is 4.71. The van der Waals surface area contributed by atoms with Gasteiger partial charge in [0.05, 0.1) is 5.56 Å². The van der Waals surface area contributed by atoms with Crippen LogP contribution in [0, 0.1) is 6.92 Å². The number of piperazine rings is 1. The topological polar surface area (TPSA) is 78.8 Å². The second-order valence-electron chi connectivity index (χ2n) is 9.44. The minimum Gasteiger partial charge on any atom is -0.369 e. The van der Waals surface area contributed by atoms with Crippen LogP contribution in [0.15, 0.2) is 65.8 Å². The lowest BCUT2D eigenvalue weighted by Crippen LogP contribution is -2.49. The Morgan fingerprint density at radius 2 is 1.73 bits per heavy atom. The number of amides is 1. The van der Waals surface area contributed by atoms with Crippen molar-refractivity contribution in [2.45, 2.75) is 18.4 Å². The zero-order chi connectivity index (χ0) is 26.2. The predicted octanol–water partition coefficient (Wildman–Crippen LogP) is 3.82. The minimum absolute atomic E-state index is 0.118. The maximum absolute atomic E-state index is 13.6. The van der Waals surface area contributed by atoms with Crippen molar-refractivity contribution in [2.24, 2.45) is 7.05 Å². The van der Waals surface area contributed by atoms with Gasteiger partial charge in [0.25, 0.3) is 15.9 Å². The fraction of sp³-hybridized carbons (Fsp3) is 0.333. The quantitative estimate of drug-likeness (QED) is 0.492. The summed E-state index contributed by atoms with van der Waals surface area (Å²) in [6.45, 7) is 4.60. The van der Waals surface area contributed by atoms with Crippen molar-refractivity contribution in [1.29, 1.82) is 0 Å². The van der Waals surface area contributed by atoms with Crippen LogP contribution >= 0.6 is 11.6 Å². The van der Waals surface area contributed by atoms with Gasteiger partial charge in [0, 0.05) is 63.2 Å². The molecule has 0 saturated carbocycles. The Morgan fingerprint density at radius 1 is 1.00 bits per heavy atom. The lowest BCUT2D eigenvalue weighted by Gasteiger charge is -2.36. The molecule has 0 radical (unpaired) electrons. The van der Waals surface area contributed by atoms with E-state index in [1.807, 2.05) is 49.4 Å². The molecule has 194 valence electrons. The number of aromatic nitrogens is 2. The van der Waals surface area contributed by atoms with Crippen LogP contribution in [0.5, 0.6) is 0 Å². The Kier molecular flexibility index (Phi) is 7.11. The van der Waals surface area contributed by atoms with Crippen LogP contribution < -0.4 is 4.90 Å². The molecule has 37 heavy (non-hydrogen) atoms. The minimum atomic E-state index is -3.95. The van der Waals surface area contributed by atoms with E-state index < -0.39 is 10.0 Å². The van der Waals surface area contributed by atoms with Gasteiger partial charge in [-0.25, -0.2) is 8.42 Å². The van der Waals surface area contributed by atoms with E-state index in [0.717, 1.165) is 16.8 Å². The van der Waals surface area contributed by atoms with Crippen molar-refractivity contribution in [3.63, 3.8) is 0 Å². The summed E-state index contributed by atoms with van der Waals surface area (Å²) < 4.78 is 30.1. The summed E-state index contributed by atoms with van der Waals surface area (Å²) >= 11 is 6.19. The molecule has 0 spiro atoms. The van der Waals surface area contributed by atoms with Crippen molar-refractivity contribution in [3.05, 3.63) is 82.5 Å². The Balaban J connectivity index is 1.32. The van der Waals surface area contributed by atoms with Gasteiger partial charge in [-0.2, -0.15) is 9.40 Å². The van der Waals surface area contributed by atoms with E-state index in [4.69, 9.17) is 11.6 Å². The predicted molar refractivity (Wildman–Crippen MR) is 145 cm³/mol. The van der Waals surface area contributed by atoms with Crippen LogP contribution in [-0.4, -0.2) is 72.6 Å². The molecule has 0 unspecified atom stereocenters. The number of hydrogen-bond donors (Lipinski definition) is 0. The van der Waals surface area contributed by atoms with Crippen molar-refractivity contribution in [2.75, 3.05) is 44.2 Å². The second-order valence-corrected chi connectivity index (χ2v) is 11.7. The molecule has 10 heteroatoms. The number of aryl methyl sites for hydroxylation is 2. The number of nitrogens with zero attached hydrogens (tertiary/aromatic N) is 5. The smallest absolute Gasteiger partial charge is 0.263 e. The molecule has 1 fully saturated rings. The number of carbonyl (C=O) groups excluding carboxylic acids is 1. The summed E-state index contributed by atoms with van der Waals surface area (Å²) in [6.07, 6.45) is 4.26. The molecule has 1 aromatic heterocycles. The van der Waals surface area contributed by atoms with E-state index in [1.165, 1.54) is 20.8 Å². The largest absolute Gasteiger partial charge is 0.369 e. The number of halogens is 1. The molecule has 0 atom stereocenters. The van der Waals surface area contributed by atoms with Gasteiger partial charge in [-0.1, -0.05) is 54.1 Å². The molecule has 8 nitrogen and oxygen atoms in total. The van der Waals surface area contributed by atoms with Crippen molar-refractivity contribution in [1.82, 2.24) is 19.0 Å². The summed E-state index contributed by atoms with van der Waals surface area (Å²) in [4.78, 5) is 17.3. The molecule has 5 rings (SSSR count). The maximum atomic E-state index is 13.6. The van der Waals surface area contributed by atoms with Crippen LogP contribution in [0.4, 0.5) is 5.69 Å². The highest BCUT2D eigenvalue weighted by Gasteiger charge is 2.36. The Hall–Kier alpha value is -3.14. The van der Waals surface area contributed by atoms with E-state index in [0.29, 0.717) is 50.7 Å². The van der Waals surface area contributed by atoms with Gasteiger partial charge in [0.1, 0.15) is 0 Å². The van der Waals surface area contributed by atoms with Crippen molar-refractivity contribution >= 4 is 38.8 Å². The molecule has 2 aliphatic heterocycles. The molecule has 1 amide bonds. The third kappa shape index (κ3) is 5.16. The van der Waals surface area contributed by atoms with Gasteiger partial charge in [-0.05, 0) is 42.2 Å². The molecular formula is C27H30ClN5O3S. The molecule has 0 bridgehead atoms. The summed E-state index contributed by atoms with van der Waals surface area (Å²) in [7, 11) is -2.31. The van der Waals surface area contributed by atoms with Crippen LogP contribution in [0.2, 0.25) is 5.02 Å². The van der Waals surface area contributed by atoms with Gasteiger partial charge in [-0.15, -0.1) is 0 Å². The second kappa shape index (κ2) is 10.3. The van der Waals surface area contributed by atoms with Crippen LogP contribution in [0.3, 0.4) is 0 Å². The Bertz CT molecular complexity index is 1440. The Morgan fingerprint density at radius 3 is 2.41 bits per heavy atom. The first-order valence-electron chi connectivity index (χ1n) is 12.3. The first-order chi connectivity index (χ1) is 17.7. The Labute approximate surface area is 222 Å². The van der Waals surface area contributed by atoms with Crippen molar-refractivity contribution < 1.29 is 13.2 Å². The summed E-state index contributed by atoms with van der Waals surface area (Å²) in [5.74, 6) is -0.316. The van der Waals surface area contributed by atoms with E-state index in [1.54, 1.807) is 11.9 Å². The number of benzene rings is 2. The zero-order valence-corrected chi connectivity index (χ0v) is 22.5. The molecule has 0 aliphatic carbocycles. The monoisotopic (exact) mass is 539 g/mol. The molecule has 1 saturated heterocycles. The normalized spacial score (nSPS) is 17.1. The summed E-state index contributed by atoms with van der Waals surface area (Å²) in [6, 6.07) is 15.8. The first kappa shape index (κ1) is 25.5. The molecular weight excluding hydrogens is 510 g/mol. The average molecular weight is 540 g/mol. The lowest BCUT2D eigenvalue weighted by molar-refractivity contribution is 0.0768. The highest BCUT2D eigenvalue weighted by atomic mass is 35.5. The van der Waals surface area contributed by atoms with Gasteiger partial charge in [0.15, 0.2) is 0 Å². The molecule has 2 aromatic carbocycles. The lowest BCUT2D eigenvalue weighted by atomic mass is 9.99. The van der Waals surface area contributed by atoms with E-state index in [2.05, 4.69) is 22.1 Å². The zero-order valence-electron chi connectivity index (χ0n) is 21.0. The molecule has 2 aliphatic rings. The standard InChI is InChI=1S/C27H30ClN5O3S/c1-20-8-9-23(28)18-25(20)31-14-16-33(17-15-31)37(35,36)26-24(19-30(2)29-26)27(34)32-12-10-22(11-13-32)21-6-4-3-5-7-21/h3-10,18-19H,11-17H2,1-2H3. The fourth-order valence-corrected chi connectivity index (χ4v) is 6.66. The van der Waals surface area contributed by atoms with E-state index in [9.17, 15) is 13.2 Å². The molecule has 0 N–H and O–H groups in total. The van der Waals surface area contributed by atoms with E-state index in [-0.39, 0.29) is 16.5 Å². The van der Waals surface area contributed by atoms with Crippen LogP contribution in [-0.2, 0) is 17.1 Å². The van der Waals surface area contributed by atoms with Crippen molar-refractivity contribution in [3.8, 4) is 0 Å². The number of anilines is 1. The van der Waals surface area contributed by atoms with Gasteiger partial charge < -0.3 is 9.80 Å². The highest BCUT2D eigenvalue weighted by Crippen LogP contribution is 2.28.